The zero-order valence-corrected chi connectivity index (χ0v) is 9.78. The number of amides is 1. The van der Waals surface area contributed by atoms with E-state index in [2.05, 4.69) is 15.4 Å². The van der Waals surface area contributed by atoms with E-state index in [4.69, 9.17) is 18.0 Å². The van der Waals surface area contributed by atoms with Crippen molar-refractivity contribution in [2.75, 3.05) is 6.54 Å². The van der Waals surface area contributed by atoms with Crippen molar-refractivity contribution in [3.8, 4) is 0 Å². The summed E-state index contributed by atoms with van der Waals surface area (Å²) < 4.78 is 1.59. The fourth-order valence-corrected chi connectivity index (χ4v) is 1.51. The molecule has 7 heteroatoms. The lowest BCUT2D eigenvalue weighted by molar-refractivity contribution is 0.0956. The van der Waals surface area contributed by atoms with Crippen LogP contribution in [0, 0.1) is 0 Å². The van der Waals surface area contributed by atoms with Crippen molar-refractivity contribution in [2.45, 2.75) is 6.42 Å². The lowest BCUT2D eigenvalue weighted by Crippen LogP contribution is -2.27. The SMILES string of the molecule is NC(=S)CCNC(=O)c1cnn2ccncc12. The molecule has 88 valence electrons. The maximum Gasteiger partial charge on any atom is 0.255 e. The zero-order valence-electron chi connectivity index (χ0n) is 8.96. The summed E-state index contributed by atoms with van der Waals surface area (Å²) in [5, 5.41) is 6.77. The topological polar surface area (TPSA) is 85.3 Å². The third kappa shape index (κ3) is 2.56. The normalized spacial score (nSPS) is 10.4. The van der Waals surface area contributed by atoms with Crippen molar-refractivity contribution >= 4 is 28.6 Å². The number of thiocarbonyl (C=S) groups is 1. The van der Waals surface area contributed by atoms with Gasteiger partial charge in [0.15, 0.2) is 0 Å². The number of nitrogens with two attached hydrogens (primary N) is 1. The standard InChI is InChI=1S/C10H11N5OS/c11-9(17)1-2-13-10(16)7-5-14-15-4-3-12-6-8(7)15/h3-6H,1-2H2,(H2,11,17)(H,13,16). The summed E-state index contributed by atoms with van der Waals surface area (Å²) in [7, 11) is 0. The Hall–Kier alpha value is -2.02. The summed E-state index contributed by atoms with van der Waals surface area (Å²) in [6.45, 7) is 0.422. The molecule has 2 heterocycles. The van der Waals surface area contributed by atoms with Crippen LogP contribution >= 0.6 is 12.2 Å². The first kappa shape index (κ1) is 11.5. The van der Waals surface area contributed by atoms with E-state index in [1.54, 1.807) is 23.1 Å². The average Bonchev–Trinajstić information content (AvgIpc) is 2.72. The highest BCUT2D eigenvalue weighted by Gasteiger charge is 2.11. The Kier molecular flexibility index (Phi) is 3.29. The van der Waals surface area contributed by atoms with Gasteiger partial charge in [0.25, 0.3) is 5.91 Å². The van der Waals surface area contributed by atoms with Crippen LogP contribution in [0.3, 0.4) is 0 Å². The molecular weight excluding hydrogens is 238 g/mol. The second-order valence-corrected chi connectivity index (χ2v) is 3.96. The molecule has 6 nitrogen and oxygen atoms in total. The van der Waals surface area contributed by atoms with E-state index in [9.17, 15) is 4.79 Å². The molecule has 1 amide bonds. The molecule has 0 atom stereocenters. The molecule has 0 aliphatic rings. The Balaban J connectivity index is 2.11. The number of aromatic nitrogens is 3. The Morgan fingerprint density at radius 1 is 1.53 bits per heavy atom. The van der Waals surface area contributed by atoms with Crippen molar-refractivity contribution in [1.29, 1.82) is 0 Å². The van der Waals surface area contributed by atoms with Gasteiger partial charge in [0.2, 0.25) is 0 Å². The summed E-state index contributed by atoms with van der Waals surface area (Å²) in [6, 6.07) is 0. The zero-order chi connectivity index (χ0) is 12.3. The van der Waals surface area contributed by atoms with Crippen LogP contribution in [0.2, 0.25) is 0 Å². The predicted molar refractivity (Wildman–Crippen MR) is 66.7 cm³/mol. The number of nitrogens with one attached hydrogen (secondary N) is 1. The average molecular weight is 249 g/mol. The Morgan fingerprint density at radius 2 is 2.35 bits per heavy atom. The maximum atomic E-state index is 11.8. The number of hydrogen-bond acceptors (Lipinski definition) is 4. The van der Waals surface area contributed by atoms with Crippen LogP contribution < -0.4 is 11.1 Å². The van der Waals surface area contributed by atoms with Gasteiger partial charge >= 0.3 is 0 Å². The van der Waals surface area contributed by atoms with Gasteiger partial charge in [-0.15, -0.1) is 0 Å². The van der Waals surface area contributed by atoms with Gasteiger partial charge < -0.3 is 11.1 Å². The van der Waals surface area contributed by atoms with Gasteiger partial charge in [-0.25, -0.2) is 4.52 Å². The smallest absolute Gasteiger partial charge is 0.255 e. The molecule has 0 saturated carbocycles. The van der Waals surface area contributed by atoms with Gasteiger partial charge in [-0.3, -0.25) is 9.78 Å². The summed E-state index contributed by atoms with van der Waals surface area (Å²) in [5.41, 5.74) is 6.50. The molecule has 0 spiro atoms. The molecule has 0 aromatic carbocycles. The Labute approximate surface area is 103 Å². The minimum Gasteiger partial charge on any atom is -0.393 e. The second kappa shape index (κ2) is 4.88. The van der Waals surface area contributed by atoms with Gasteiger partial charge in [0.1, 0.15) is 0 Å². The van der Waals surface area contributed by atoms with Crippen LogP contribution in [-0.2, 0) is 0 Å². The van der Waals surface area contributed by atoms with E-state index in [0.717, 1.165) is 0 Å². The van der Waals surface area contributed by atoms with Crippen LogP contribution in [0.5, 0.6) is 0 Å². The number of rotatable bonds is 4. The molecule has 0 saturated heterocycles. The van der Waals surface area contributed by atoms with Gasteiger partial charge in [0, 0.05) is 25.4 Å². The minimum atomic E-state index is -0.204. The first-order valence-corrected chi connectivity index (χ1v) is 5.43. The fraction of sp³-hybridized carbons (Fsp3) is 0.200. The van der Waals surface area contributed by atoms with Crippen molar-refractivity contribution in [1.82, 2.24) is 19.9 Å². The van der Waals surface area contributed by atoms with E-state index in [0.29, 0.717) is 29.0 Å². The lowest BCUT2D eigenvalue weighted by Gasteiger charge is -2.02. The van der Waals surface area contributed by atoms with Crippen LogP contribution in [0.25, 0.3) is 5.52 Å². The van der Waals surface area contributed by atoms with Crippen molar-refractivity contribution < 1.29 is 4.79 Å². The number of hydrogen-bond donors (Lipinski definition) is 2. The summed E-state index contributed by atoms with van der Waals surface area (Å²) in [6.07, 6.45) is 6.87. The lowest BCUT2D eigenvalue weighted by atomic mass is 10.2. The molecule has 0 aliphatic carbocycles. The van der Waals surface area contributed by atoms with E-state index >= 15 is 0 Å². The Morgan fingerprint density at radius 3 is 3.12 bits per heavy atom. The number of carbonyl (C=O) groups excluding carboxylic acids is 1. The van der Waals surface area contributed by atoms with Gasteiger partial charge in [-0.05, 0) is 0 Å². The van der Waals surface area contributed by atoms with E-state index in [1.807, 2.05) is 0 Å². The Bertz CT molecular complexity index is 565. The van der Waals surface area contributed by atoms with Crippen LogP contribution in [-0.4, -0.2) is 32.0 Å². The molecule has 2 aromatic heterocycles. The highest BCUT2D eigenvalue weighted by atomic mass is 32.1. The first-order chi connectivity index (χ1) is 8.18. The first-order valence-electron chi connectivity index (χ1n) is 5.02. The van der Waals surface area contributed by atoms with Crippen molar-refractivity contribution in [3.63, 3.8) is 0 Å². The monoisotopic (exact) mass is 249 g/mol. The van der Waals surface area contributed by atoms with Crippen LogP contribution in [0.4, 0.5) is 0 Å². The third-order valence-corrected chi connectivity index (χ3v) is 2.43. The molecule has 3 N–H and O–H groups in total. The number of nitrogens with zero attached hydrogens (tertiary/aromatic N) is 3. The number of fused-ring (bicyclic) bond motifs is 1. The maximum absolute atomic E-state index is 11.8. The highest BCUT2D eigenvalue weighted by Crippen LogP contribution is 2.07. The molecule has 0 aliphatic heterocycles. The van der Waals surface area contributed by atoms with Crippen LogP contribution in [0.1, 0.15) is 16.8 Å². The fourth-order valence-electron chi connectivity index (χ4n) is 1.40. The predicted octanol–water partition coefficient (Wildman–Crippen LogP) is 0.135. The summed E-state index contributed by atoms with van der Waals surface area (Å²) in [4.78, 5) is 16.2. The van der Waals surface area contributed by atoms with Crippen molar-refractivity contribution in [2.24, 2.45) is 5.73 Å². The van der Waals surface area contributed by atoms with Gasteiger partial charge in [-0.2, -0.15) is 5.10 Å². The molecular formula is C10H11N5OS. The minimum absolute atomic E-state index is 0.204. The summed E-state index contributed by atoms with van der Waals surface area (Å²) in [5.74, 6) is -0.204. The van der Waals surface area contributed by atoms with E-state index in [1.165, 1.54) is 6.20 Å². The van der Waals surface area contributed by atoms with Gasteiger partial charge in [0.05, 0.1) is 28.5 Å². The van der Waals surface area contributed by atoms with Gasteiger partial charge in [-0.1, -0.05) is 12.2 Å². The third-order valence-electron chi connectivity index (χ3n) is 2.23. The molecule has 0 unspecified atom stereocenters. The van der Waals surface area contributed by atoms with Crippen molar-refractivity contribution in [3.05, 3.63) is 30.4 Å². The van der Waals surface area contributed by atoms with Crippen LogP contribution in [0.15, 0.2) is 24.8 Å². The summed E-state index contributed by atoms with van der Waals surface area (Å²) >= 11 is 4.72. The largest absolute Gasteiger partial charge is 0.393 e. The van der Waals surface area contributed by atoms with E-state index in [-0.39, 0.29) is 5.91 Å². The molecule has 2 aromatic rings. The second-order valence-electron chi connectivity index (χ2n) is 3.44. The molecule has 0 radical (unpaired) electrons. The highest BCUT2D eigenvalue weighted by molar-refractivity contribution is 7.80. The molecule has 0 bridgehead atoms. The molecule has 2 rings (SSSR count). The number of carbonyl (C=O) groups is 1. The molecule has 17 heavy (non-hydrogen) atoms. The van der Waals surface area contributed by atoms with E-state index < -0.39 is 0 Å². The quantitative estimate of drug-likeness (QED) is 0.753. The molecule has 0 fully saturated rings.